The molecule has 0 aromatic heterocycles. The Hall–Kier alpha value is -2.84. The number of carbonyl (C=O) groups excluding carboxylic acids is 1. The third-order valence-corrected chi connectivity index (χ3v) is 4.65. The fourth-order valence-corrected chi connectivity index (χ4v) is 3.28. The number of amides is 1. The number of hydrogen-bond donors (Lipinski definition) is 1. The zero-order valence-corrected chi connectivity index (χ0v) is 15.8. The van der Waals surface area contributed by atoms with Crippen molar-refractivity contribution in [1.82, 2.24) is 5.32 Å². The van der Waals surface area contributed by atoms with Crippen LogP contribution in [0.1, 0.15) is 29.0 Å². The van der Waals surface area contributed by atoms with E-state index < -0.39 is 0 Å². The summed E-state index contributed by atoms with van der Waals surface area (Å²) in [6.07, 6.45) is 4.16. The van der Waals surface area contributed by atoms with Crippen LogP contribution in [-0.4, -0.2) is 12.5 Å². The Morgan fingerprint density at radius 2 is 1.52 bits per heavy atom. The van der Waals surface area contributed by atoms with Crippen molar-refractivity contribution in [1.29, 1.82) is 0 Å². The topological polar surface area (TPSA) is 29.1 Å². The van der Waals surface area contributed by atoms with Crippen molar-refractivity contribution in [3.05, 3.63) is 113 Å². The second-order valence-electron chi connectivity index (χ2n) is 6.34. The SMILES string of the molecule is O=C(/C=C/c1cccc(Cl)c1)NCCC(c1ccccc1)c1ccccc1. The van der Waals surface area contributed by atoms with E-state index in [1.807, 2.05) is 36.4 Å². The number of carbonyl (C=O) groups is 1. The quantitative estimate of drug-likeness (QED) is 0.528. The molecule has 0 bridgehead atoms. The number of hydrogen-bond acceptors (Lipinski definition) is 1. The van der Waals surface area contributed by atoms with Gasteiger partial charge in [0.05, 0.1) is 0 Å². The van der Waals surface area contributed by atoms with Crippen LogP contribution in [0.4, 0.5) is 0 Å². The molecule has 0 fully saturated rings. The first-order valence-corrected chi connectivity index (χ1v) is 9.41. The summed E-state index contributed by atoms with van der Waals surface area (Å²) in [6.45, 7) is 0.604. The van der Waals surface area contributed by atoms with Crippen LogP contribution in [0.2, 0.25) is 5.02 Å². The van der Waals surface area contributed by atoms with Gasteiger partial charge in [-0.15, -0.1) is 0 Å². The predicted molar refractivity (Wildman–Crippen MR) is 113 cm³/mol. The number of benzene rings is 3. The third-order valence-electron chi connectivity index (χ3n) is 4.41. The maximum absolute atomic E-state index is 12.1. The molecule has 3 aromatic rings. The van der Waals surface area contributed by atoms with Gasteiger partial charge in [-0.1, -0.05) is 84.4 Å². The normalized spacial score (nSPS) is 11.0. The Bertz CT molecular complexity index is 851. The smallest absolute Gasteiger partial charge is 0.243 e. The summed E-state index contributed by atoms with van der Waals surface area (Å²) in [6, 6.07) is 28.2. The molecule has 136 valence electrons. The fourth-order valence-electron chi connectivity index (χ4n) is 3.08. The van der Waals surface area contributed by atoms with E-state index in [-0.39, 0.29) is 11.8 Å². The summed E-state index contributed by atoms with van der Waals surface area (Å²) >= 11 is 5.96. The molecule has 0 aliphatic heterocycles. The molecule has 3 aromatic carbocycles. The second-order valence-corrected chi connectivity index (χ2v) is 6.78. The van der Waals surface area contributed by atoms with E-state index in [0.29, 0.717) is 11.6 Å². The average Bonchev–Trinajstić information content (AvgIpc) is 2.71. The highest BCUT2D eigenvalue weighted by Crippen LogP contribution is 2.27. The van der Waals surface area contributed by atoms with Crippen LogP contribution in [0.15, 0.2) is 91.0 Å². The molecule has 0 aliphatic carbocycles. The largest absolute Gasteiger partial charge is 0.353 e. The molecule has 1 amide bonds. The van der Waals surface area contributed by atoms with Crippen LogP contribution in [-0.2, 0) is 4.79 Å². The van der Waals surface area contributed by atoms with Crippen LogP contribution in [0.25, 0.3) is 6.08 Å². The van der Waals surface area contributed by atoms with Gasteiger partial charge < -0.3 is 5.32 Å². The van der Waals surface area contributed by atoms with Gasteiger partial charge in [0.2, 0.25) is 5.91 Å². The molecule has 0 spiro atoms. The Balaban J connectivity index is 1.60. The van der Waals surface area contributed by atoms with Crippen molar-refractivity contribution >= 4 is 23.6 Å². The van der Waals surface area contributed by atoms with Gasteiger partial charge >= 0.3 is 0 Å². The van der Waals surface area contributed by atoms with Crippen molar-refractivity contribution in [3.8, 4) is 0 Å². The fraction of sp³-hybridized carbons (Fsp3) is 0.125. The van der Waals surface area contributed by atoms with E-state index in [1.165, 1.54) is 11.1 Å². The van der Waals surface area contributed by atoms with Crippen molar-refractivity contribution in [2.45, 2.75) is 12.3 Å². The minimum absolute atomic E-state index is 0.102. The van der Waals surface area contributed by atoms with E-state index in [0.717, 1.165) is 12.0 Å². The van der Waals surface area contributed by atoms with E-state index in [4.69, 9.17) is 11.6 Å². The highest BCUT2D eigenvalue weighted by Gasteiger charge is 2.13. The van der Waals surface area contributed by atoms with Crippen LogP contribution in [0.5, 0.6) is 0 Å². The molecule has 0 unspecified atom stereocenters. The molecule has 0 atom stereocenters. The molecule has 0 radical (unpaired) electrons. The minimum Gasteiger partial charge on any atom is -0.353 e. The van der Waals surface area contributed by atoms with Crippen LogP contribution < -0.4 is 5.32 Å². The van der Waals surface area contributed by atoms with Gasteiger partial charge in [-0.3, -0.25) is 4.79 Å². The summed E-state index contributed by atoms with van der Waals surface area (Å²) < 4.78 is 0. The lowest BCUT2D eigenvalue weighted by molar-refractivity contribution is -0.116. The Kier molecular flexibility index (Phi) is 6.84. The molecule has 3 rings (SSSR count). The number of halogens is 1. The first kappa shape index (κ1) is 18.9. The summed E-state index contributed by atoms with van der Waals surface area (Å²) in [7, 11) is 0. The Morgan fingerprint density at radius 3 is 2.11 bits per heavy atom. The summed E-state index contributed by atoms with van der Waals surface area (Å²) in [5.74, 6) is 0.152. The first-order chi connectivity index (χ1) is 13.2. The van der Waals surface area contributed by atoms with E-state index in [1.54, 1.807) is 12.2 Å². The van der Waals surface area contributed by atoms with Gasteiger partial charge in [-0.05, 0) is 41.3 Å². The van der Waals surface area contributed by atoms with Gasteiger partial charge in [-0.25, -0.2) is 0 Å². The molecule has 0 saturated heterocycles. The molecule has 27 heavy (non-hydrogen) atoms. The van der Waals surface area contributed by atoms with Crippen LogP contribution in [0, 0.1) is 0 Å². The summed E-state index contributed by atoms with van der Waals surface area (Å²) in [5.41, 5.74) is 3.42. The highest BCUT2D eigenvalue weighted by atomic mass is 35.5. The molecular formula is C24H22ClNO. The maximum Gasteiger partial charge on any atom is 0.243 e. The van der Waals surface area contributed by atoms with Crippen molar-refractivity contribution < 1.29 is 4.79 Å². The van der Waals surface area contributed by atoms with E-state index >= 15 is 0 Å². The number of rotatable bonds is 7. The van der Waals surface area contributed by atoms with Gasteiger partial charge in [0.25, 0.3) is 0 Å². The molecular weight excluding hydrogens is 354 g/mol. The first-order valence-electron chi connectivity index (χ1n) is 9.04. The highest BCUT2D eigenvalue weighted by molar-refractivity contribution is 6.30. The van der Waals surface area contributed by atoms with Crippen LogP contribution >= 0.6 is 11.6 Å². The van der Waals surface area contributed by atoms with Crippen molar-refractivity contribution in [3.63, 3.8) is 0 Å². The van der Waals surface area contributed by atoms with E-state index in [9.17, 15) is 4.79 Å². The Morgan fingerprint density at radius 1 is 0.889 bits per heavy atom. The minimum atomic E-state index is -0.102. The summed E-state index contributed by atoms with van der Waals surface area (Å²) in [5, 5.41) is 3.64. The van der Waals surface area contributed by atoms with Crippen molar-refractivity contribution in [2.24, 2.45) is 0 Å². The molecule has 0 aliphatic rings. The van der Waals surface area contributed by atoms with Gasteiger partial charge in [0, 0.05) is 23.6 Å². The van der Waals surface area contributed by atoms with Gasteiger partial charge in [0.15, 0.2) is 0 Å². The van der Waals surface area contributed by atoms with E-state index in [2.05, 4.69) is 53.8 Å². The molecule has 1 N–H and O–H groups in total. The molecule has 0 heterocycles. The third kappa shape index (κ3) is 5.83. The Labute approximate surface area is 165 Å². The zero-order valence-electron chi connectivity index (χ0n) is 15.0. The standard InChI is InChI=1S/C24H22ClNO/c25-22-13-7-8-19(18-22)14-15-24(27)26-17-16-23(20-9-3-1-4-10-20)21-11-5-2-6-12-21/h1-15,18,23H,16-17H2,(H,26,27)/b15-14+. The lowest BCUT2D eigenvalue weighted by Gasteiger charge is -2.18. The predicted octanol–water partition coefficient (Wildman–Crippen LogP) is 5.69. The molecule has 0 saturated carbocycles. The monoisotopic (exact) mass is 375 g/mol. The average molecular weight is 376 g/mol. The second kappa shape index (κ2) is 9.75. The lowest BCUT2D eigenvalue weighted by atomic mass is 9.88. The molecule has 3 heteroatoms. The zero-order chi connectivity index (χ0) is 18.9. The molecule has 2 nitrogen and oxygen atoms in total. The van der Waals surface area contributed by atoms with Crippen molar-refractivity contribution in [2.75, 3.05) is 6.54 Å². The lowest BCUT2D eigenvalue weighted by Crippen LogP contribution is -2.23. The number of nitrogens with one attached hydrogen (secondary N) is 1. The summed E-state index contributed by atoms with van der Waals surface area (Å²) in [4.78, 5) is 12.1. The van der Waals surface area contributed by atoms with Gasteiger partial charge in [-0.2, -0.15) is 0 Å². The van der Waals surface area contributed by atoms with Gasteiger partial charge in [0.1, 0.15) is 0 Å². The van der Waals surface area contributed by atoms with Crippen LogP contribution in [0.3, 0.4) is 0 Å². The maximum atomic E-state index is 12.1.